The number of carbonyl (C=O) groups is 1. The van der Waals surface area contributed by atoms with Gasteiger partial charge >= 0.3 is 0 Å². The van der Waals surface area contributed by atoms with Crippen LogP contribution in [0.5, 0.6) is 0 Å². The number of carbonyl (C=O) groups excluding carboxylic acids is 1. The van der Waals surface area contributed by atoms with Gasteiger partial charge in [0, 0.05) is 23.3 Å². The molecule has 0 aliphatic carbocycles. The predicted octanol–water partition coefficient (Wildman–Crippen LogP) is 4.74. The number of nitrogens with one attached hydrogen (secondary N) is 1. The van der Waals surface area contributed by atoms with Crippen LogP contribution in [-0.4, -0.2) is 30.5 Å². The second kappa shape index (κ2) is 8.90. The highest BCUT2D eigenvalue weighted by Gasteiger charge is 2.17. The van der Waals surface area contributed by atoms with Gasteiger partial charge in [-0.2, -0.15) is 10.2 Å². The van der Waals surface area contributed by atoms with Crippen LogP contribution in [0.3, 0.4) is 0 Å². The summed E-state index contributed by atoms with van der Waals surface area (Å²) in [5.74, 6) is -0.0473. The van der Waals surface area contributed by atoms with E-state index in [0.29, 0.717) is 18.0 Å². The molecule has 0 atom stereocenters. The Morgan fingerprint density at radius 2 is 1.74 bits per heavy atom. The highest BCUT2D eigenvalue weighted by molar-refractivity contribution is 5.96. The Bertz CT molecular complexity index is 1470. The predicted molar refractivity (Wildman–Crippen MR) is 129 cm³/mol. The van der Waals surface area contributed by atoms with E-state index in [2.05, 4.69) is 20.5 Å². The molecule has 7 nitrogen and oxygen atoms in total. The lowest BCUT2D eigenvalue weighted by Gasteiger charge is -2.06. The highest BCUT2D eigenvalue weighted by Crippen LogP contribution is 2.30. The average molecular weight is 455 g/mol. The molecule has 170 valence electrons. The van der Waals surface area contributed by atoms with Gasteiger partial charge in [-0.3, -0.25) is 9.48 Å². The number of halogens is 1. The van der Waals surface area contributed by atoms with Gasteiger partial charge in [0.2, 0.25) is 5.91 Å². The van der Waals surface area contributed by atoms with Crippen molar-refractivity contribution in [2.24, 2.45) is 0 Å². The highest BCUT2D eigenvalue weighted by atomic mass is 19.1. The van der Waals surface area contributed by atoms with Crippen LogP contribution in [0.1, 0.15) is 17.0 Å². The Hall–Kier alpha value is -4.33. The number of benzene rings is 2. The lowest BCUT2D eigenvalue weighted by Crippen LogP contribution is -2.20. The van der Waals surface area contributed by atoms with Gasteiger partial charge in [0.1, 0.15) is 12.4 Å². The summed E-state index contributed by atoms with van der Waals surface area (Å²) in [6.07, 6.45) is 1.67. The molecule has 0 saturated heterocycles. The van der Waals surface area contributed by atoms with E-state index >= 15 is 0 Å². The number of aromatic nitrogens is 5. The zero-order valence-electron chi connectivity index (χ0n) is 18.9. The summed E-state index contributed by atoms with van der Waals surface area (Å²) >= 11 is 0. The van der Waals surface area contributed by atoms with E-state index in [9.17, 15) is 9.18 Å². The lowest BCUT2D eigenvalue weighted by atomic mass is 10.0. The van der Waals surface area contributed by atoms with Crippen molar-refractivity contribution in [3.8, 4) is 11.1 Å². The van der Waals surface area contributed by atoms with Crippen molar-refractivity contribution in [3.63, 3.8) is 0 Å². The summed E-state index contributed by atoms with van der Waals surface area (Å²) < 4.78 is 16.8. The van der Waals surface area contributed by atoms with Gasteiger partial charge in [-0.25, -0.2) is 14.1 Å². The number of hydrogen-bond donors (Lipinski definition) is 1. The van der Waals surface area contributed by atoms with Gasteiger partial charge in [-0.1, -0.05) is 42.5 Å². The monoisotopic (exact) mass is 454 g/mol. The number of hydrogen-bond acceptors (Lipinski definition) is 4. The van der Waals surface area contributed by atoms with Gasteiger partial charge < -0.3 is 5.32 Å². The Kier molecular flexibility index (Phi) is 5.63. The summed E-state index contributed by atoms with van der Waals surface area (Å²) in [5, 5.41) is 12.8. The Morgan fingerprint density at radius 3 is 2.50 bits per heavy atom. The third-order valence-corrected chi connectivity index (χ3v) is 5.68. The first-order valence-electron chi connectivity index (χ1n) is 10.9. The van der Waals surface area contributed by atoms with Crippen molar-refractivity contribution >= 4 is 22.8 Å². The molecule has 3 heterocycles. The molecule has 0 unspecified atom stereocenters. The lowest BCUT2D eigenvalue weighted by molar-refractivity contribution is -0.116. The molecule has 8 heteroatoms. The summed E-state index contributed by atoms with van der Waals surface area (Å²) in [7, 11) is 0. The van der Waals surface area contributed by atoms with Crippen LogP contribution in [0.2, 0.25) is 0 Å². The van der Waals surface area contributed by atoms with Crippen molar-refractivity contribution in [2.75, 3.05) is 5.32 Å². The van der Waals surface area contributed by atoms with Gasteiger partial charge in [-0.05, 0) is 48.7 Å². The molecular weight excluding hydrogens is 431 g/mol. The van der Waals surface area contributed by atoms with Crippen LogP contribution in [0, 0.1) is 19.7 Å². The summed E-state index contributed by atoms with van der Waals surface area (Å²) in [5.41, 5.74) is 5.18. The minimum Gasteiger partial charge on any atom is -0.308 e. The molecule has 0 radical (unpaired) electrons. The molecule has 5 aromatic rings. The Morgan fingerprint density at radius 1 is 0.971 bits per heavy atom. The van der Waals surface area contributed by atoms with Crippen LogP contribution >= 0.6 is 0 Å². The number of pyridine rings is 1. The van der Waals surface area contributed by atoms with Crippen LogP contribution in [0.25, 0.3) is 22.2 Å². The van der Waals surface area contributed by atoms with Crippen molar-refractivity contribution < 1.29 is 9.18 Å². The Balaban J connectivity index is 1.36. The zero-order valence-corrected chi connectivity index (χ0v) is 18.9. The summed E-state index contributed by atoms with van der Waals surface area (Å²) in [4.78, 5) is 17.3. The average Bonchev–Trinajstić information content (AvgIpc) is 3.33. The molecule has 0 fully saturated rings. The fraction of sp³-hybridized carbons (Fsp3) is 0.154. The van der Waals surface area contributed by atoms with E-state index in [4.69, 9.17) is 0 Å². The van der Waals surface area contributed by atoms with Gasteiger partial charge in [0.25, 0.3) is 0 Å². The largest absolute Gasteiger partial charge is 0.308 e. The van der Waals surface area contributed by atoms with E-state index in [0.717, 1.165) is 33.5 Å². The summed E-state index contributed by atoms with van der Waals surface area (Å²) in [6, 6.07) is 20.0. The number of aryl methyl sites for hydroxylation is 2. The van der Waals surface area contributed by atoms with Gasteiger partial charge in [0.05, 0.1) is 12.2 Å². The van der Waals surface area contributed by atoms with E-state index in [1.807, 2.05) is 61.0 Å². The third-order valence-electron chi connectivity index (χ3n) is 5.68. The smallest absolute Gasteiger partial charge is 0.247 e. The summed E-state index contributed by atoms with van der Waals surface area (Å²) in [6.45, 7) is 4.45. The maximum atomic E-state index is 13.4. The molecule has 0 saturated carbocycles. The SMILES string of the molecule is Cc1nn(CC(=O)Nc2cc(C)n(Cc3ccccc3)n2)c2nccc(-c3ccc(F)cc3)c12. The Labute approximate surface area is 195 Å². The molecule has 0 spiro atoms. The minimum atomic E-state index is -0.292. The fourth-order valence-electron chi connectivity index (χ4n) is 4.07. The molecular formula is C26H23FN6O. The number of nitrogens with zero attached hydrogens (tertiary/aromatic N) is 5. The fourth-order valence-corrected chi connectivity index (χ4v) is 4.07. The minimum absolute atomic E-state index is 0.00515. The first-order valence-corrected chi connectivity index (χ1v) is 10.9. The number of rotatable bonds is 6. The van der Waals surface area contributed by atoms with Crippen molar-refractivity contribution in [2.45, 2.75) is 26.9 Å². The maximum absolute atomic E-state index is 13.4. The molecule has 3 aromatic heterocycles. The molecule has 1 amide bonds. The molecule has 0 aliphatic heterocycles. The van der Waals surface area contributed by atoms with Crippen molar-refractivity contribution in [1.82, 2.24) is 24.5 Å². The molecule has 0 bridgehead atoms. The third kappa shape index (κ3) is 4.30. The van der Waals surface area contributed by atoms with Gasteiger partial charge in [-0.15, -0.1) is 0 Å². The van der Waals surface area contributed by atoms with E-state index in [1.54, 1.807) is 23.0 Å². The van der Waals surface area contributed by atoms with E-state index in [-0.39, 0.29) is 18.3 Å². The quantitative estimate of drug-likeness (QED) is 0.402. The molecule has 5 rings (SSSR count). The molecule has 2 aromatic carbocycles. The van der Waals surface area contributed by atoms with E-state index in [1.165, 1.54) is 12.1 Å². The van der Waals surface area contributed by atoms with Crippen LogP contribution in [0.15, 0.2) is 72.9 Å². The zero-order chi connectivity index (χ0) is 23.7. The van der Waals surface area contributed by atoms with Crippen molar-refractivity contribution in [3.05, 3.63) is 95.7 Å². The van der Waals surface area contributed by atoms with Crippen LogP contribution < -0.4 is 5.32 Å². The first kappa shape index (κ1) is 21.5. The van der Waals surface area contributed by atoms with Crippen LogP contribution in [-0.2, 0) is 17.9 Å². The van der Waals surface area contributed by atoms with E-state index < -0.39 is 0 Å². The maximum Gasteiger partial charge on any atom is 0.247 e. The molecule has 34 heavy (non-hydrogen) atoms. The number of fused-ring (bicyclic) bond motifs is 1. The first-order chi connectivity index (χ1) is 16.5. The van der Waals surface area contributed by atoms with Gasteiger partial charge in [0.15, 0.2) is 11.5 Å². The topological polar surface area (TPSA) is 77.6 Å². The molecule has 0 aliphatic rings. The second-order valence-corrected chi connectivity index (χ2v) is 8.17. The van der Waals surface area contributed by atoms with Crippen molar-refractivity contribution in [1.29, 1.82) is 0 Å². The standard InChI is InChI=1S/C26H23FN6O/c1-17-14-23(31-32(17)15-19-6-4-3-5-7-19)29-24(34)16-33-26-25(18(2)30-33)22(12-13-28-26)20-8-10-21(27)11-9-20/h3-14H,15-16H2,1-2H3,(H,29,31,34). The van der Waals surface area contributed by atoms with Crippen LogP contribution in [0.4, 0.5) is 10.2 Å². The number of amides is 1. The second-order valence-electron chi connectivity index (χ2n) is 8.17. The molecule has 1 N–H and O–H groups in total. The normalized spacial score (nSPS) is 11.1. The number of anilines is 1.